The fourth-order valence-corrected chi connectivity index (χ4v) is 1.87. The Morgan fingerprint density at radius 3 is 2.92 bits per heavy atom. The van der Waals surface area contributed by atoms with Crippen LogP contribution in [0.3, 0.4) is 0 Å². The number of likely N-dealkylation sites (tertiary alicyclic amines) is 1. The summed E-state index contributed by atoms with van der Waals surface area (Å²) in [6.45, 7) is 4.75. The molecule has 1 heterocycles. The molecule has 0 saturated carbocycles. The highest BCUT2D eigenvalue weighted by Gasteiger charge is 2.18. The molecule has 0 aromatic heterocycles. The largest absolute Gasteiger partial charge is 0.303 e. The van der Waals surface area contributed by atoms with Crippen molar-refractivity contribution in [2.24, 2.45) is 0 Å². The van der Waals surface area contributed by atoms with Crippen molar-refractivity contribution in [3.05, 3.63) is 0 Å². The highest BCUT2D eigenvalue weighted by atomic mass is 16.1. The van der Waals surface area contributed by atoms with Gasteiger partial charge in [-0.15, -0.1) is 0 Å². The van der Waals surface area contributed by atoms with E-state index in [2.05, 4.69) is 11.8 Å². The lowest BCUT2D eigenvalue weighted by Crippen LogP contribution is -2.27. The molecule has 0 radical (unpaired) electrons. The van der Waals surface area contributed by atoms with Gasteiger partial charge in [0.15, 0.2) is 0 Å². The molecule has 70 valence electrons. The second-order valence-corrected chi connectivity index (χ2v) is 3.69. The van der Waals surface area contributed by atoms with Crippen molar-refractivity contribution in [2.45, 2.75) is 45.1 Å². The maximum Gasteiger partial charge on any atom is 0.119 e. The van der Waals surface area contributed by atoms with Gasteiger partial charge >= 0.3 is 0 Å². The molecule has 0 aromatic rings. The molecular weight excluding hydrogens is 150 g/mol. The van der Waals surface area contributed by atoms with Gasteiger partial charge in [-0.05, 0) is 45.7 Å². The normalized spacial score (nSPS) is 24.6. The molecule has 1 aliphatic heterocycles. The summed E-state index contributed by atoms with van der Waals surface area (Å²) in [5.74, 6) is 0. The Labute approximate surface area is 74.9 Å². The van der Waals surface area contributed by atoms with Crippen LogP contribution in [0.5, 0.6) is 0 Å². The first-order chi connectivity index (χ1) is 5.84. The first kappa shape index (κ1) is 9.72. The second-order valence-electron chi connectivity index (χ2n) is 3.69. The number of unbranched alkanes of at least 4 members (excludes halogenated alkanes) is 2. The zero-order valence-electron chi connectivity index (χ0n) is 7.96. The quantitative estimate of drug-likeness (QED) is 0.462. The molecule has 1 saturated heterocycles. The Bertz CT molecular complexity index is 136. The zero-order chi connectivity index (χ0) is 8.81. The number of aldehydes is 1. The molecule has 2 heteroatoms. The molecule has 1 rings (SSSR count). The van der Waals surface area contributed by atoms with Crippen LogP contribution < -0.4 is 0 Å². The molecule has 2 nitrogen and oxygen atoms in total. The van der Waals surface area contributed by atoms with Gasteiger partial charge in [-0.3, -0.25) is 0 Å². The molecular formula is C10H19NO. The van der Waals surface area contributed by atoms with Crippen LogP contribution in [-0.2, 0) is 4.79 Å². The number of carbonyl (C=O) groups is 1. The van der Waals surface area contributed by atoms with E-state index in [-0.39, 0.29) is 0 Å². The lowest BCUT2D eigenvalue weighted by atomic mass is 10.2. The smallest absolute Gasteiger partial charge is 0.119 e. The molecule has 12 heavy (non-hydrogen) atoms. The molecule has 0 N–H and O–H groups in total. The predicted molar refractivity (Wildman–Crippen MR) is 50.2 cm³/mol. The average molecular weight is 169 g/mol. The Hall–Kier alpha value is -0.370. The van der Waals surface area contributed by atoms with E-state index in [4.69, 9.17) is 0 Å². The predicted octanol–water partition coefficient (Wildman–Crippen LogP) is 1.84. The van der Waals surface area contributed by atoms with E-state index < -0.39 is 0 Å². The molecule has 1 fully saturated rings. The molecule has 0 aromatic carbocycles. The van der Waals surface area contributed by atoms with E-state index in [1.165, 1.54) is 32.4 Å². The van der Waals surface area contributed by atoms with Gasteiger partial charge < -0.3 is 9.69 Å². The highest BCUT2D eigenvalue weighted by molar-refractivity contribution is 5.48. The van der Waals surface area contributed by atoms with E-state index in [9.17, 15) is 4.79 Å². The summed E-state index contributed by atoms with van der Waals surface area (Å²) in [6, 6.07) is 0.779. The minimum Gasteiger partial charge on any atom is -0.303 e. The summed E-state index contributed by atoms with van der Waals surface area (Å²) in [4.78, 5) is 12.6. The van der Waals surface area contributed by atoms with Crippen molar-refractivity contribution in [3.63, 3.8) is 0 Å². The Kier molecular flexibility index (Phi) is 4.30. The fourth-order valence-electron chi connectivity index (χ4n) is 1.87. The average Bonchev–Trinajstić information content (AvgIpc) is 2.46. The summed E-state index contributed by atoms with van der Waals surface area (Å²) in [7, 11) is 0. The topological polar surface area (TPSA) is 20.3 Å². The van der Waals surface area contributed by atoms with Crippen LogP contribution in [0.2, 0.25) is 0 Å². The Balaban J connectivity index is 2.02. The monoisotopic (exact) mass is 169 g/mol. The van der Waals surface area contributed by atoms with E-state index in [0.717, 1.165) is 25.2 Å². The van der Waals surface area contributed by atoms with E-state index in [0.29, 0.717) is 0 Å². The van der Waals surface area contributed by atoms with Crippen molar-refractivity contribution < 1.29 is 4.79 Å². The molecule has 0 aliphatic carbocycles. The van der Waals surface area contributed by atoms with Crippen LogP contribution >= 0.6 is 0 Å². The minimum absolute atomic E-state index is 0.738. The molecule has 0 bridgehead atoms. The van der Waals surface area contributed by atoms with E-state index in [1.807, 2.05) is 0 Å². The third-order valence-corrected chi connectivity index (χ3v) is 2.71. The van der Waals surface area contributed by atoms with Gasteiger partial charge in [-0.25, -0.2) is 0 Å². The third-order valence-electron chi connectivity index (χ3n) is 2.71. The maximum atomic E-state index is 10.1. The van der Waals surface area contributed by atoms with Gasteiger partial charge in [-0.1, -0.05) is 0 Å². The van der Waals surface area contributed by atoms with Crippen LogP contribution in [0.25, 0.3) is 0 Å². The molecule has 0 unspecified atom stereocenters. The van der Waals surface area contributed by atoms with Crippen LogP contribution in [0.15, 0.2) is 0 Å². The Morgan fingerprint density at radius 2 is 2.33 bits per heavy atom. The van der Waals surface area contributed by atoms with Gasteiger partial charge in [0.05, 0.1) is 0 Å². The maximum absolute atomic E-state index is 10.1. The van der Waals surface area contributed by atoms with Gasteiger partial charge in [-0.2, -0.15) is 0 Å². The number of nitrogens with zero attached hydrogens (tertiary/aromatic N) is 1. The van der Waals surface area contributed by atoms with Crippen LogP contribution in [-0.4, -0.2) is 30.3 Å². The standard InChI is InChI=1S/C10H19NO/c1-10-6-5-8-11(10)7-3-2-4-9-12/h9-10H,2-8H2,1H3/t10-/m1/s1. The van der Waals surface area contributed by atoms with E-state index >= 15 is 0 Å². The SMILES string of the molecule is C[C@@H]1CCCN1CCCCC=O. The molecule has 1 aliphatic rings. The van der Waals surface area contributed by atoms with Gasteiger partial charge in [0.1, 0.15) is 6.29 Å². The lowest BCUT2D eigenvalue weighted by Gasteiger charge is -2.20. The number of hydrogen-bond acceptors (Lipinski definition) is 2. The van der Waals surface area contributed by atoms with Crippen molar-refractivity contribution >= 4 is 6.29 Å². The van der Waals surface area contributed by atoms with Crippen LogP contribution in [0, 0.1) is 0 Å². The number of carbonyl (C=O) groups excluding carboxylic acids is 1. The number of rotatable bonds is 5. The fraction of sp³-hybridized carbons (Fsp3) is 0.900. The first-order valence-electron chi connectivity index (χ1n) is 5.02. The van der Waals surface area contributed by atoms with Gasteiger partial charge in [0.2, 0.25) is 0 Å². The third kappa shape index (κ3) is 2.94. The molecule has 0 amide bonds. The highest BCUT2D eigenvalue weighted by Crippen LogP contribution is 2.16. The van der Waals surface area contributed by atoms with Crippen LogP contribution in [0.4, 0.5) is 0 Å². The zero-order valence-corrected chi connectivity index (χ0v) is 7.96. The summed E-state index contributed by atoms with van der Waals surface area (Å²) in [5, 5.41) is 0. The molecule has 1 atom stereocenters. The number of hydrogen-bond donors (Lipinski definition) is 0. The van der Waals surface area contributed by atoms with Gasteiger partial charge in [0.25, 0.3) is 0 Å². The first-order valence-corrected chi connectivity index (χ1v) is 5.02. The van der Waals surface area contributed by atoms with Crippen molar-refractivity contribution in [1.29, 1.82) is 0 Å². The Morgan fingerprint density at radius 1 is 1.50 bits per heavy atom. The summed E-state index contributed by atoms with van der Waals surface area (Å²) < 4.78 is 0. The van der Waals surface area contributed by atoms with Gasteiger partial charge in [0, 0.05) is 12.5 Å². The minimum atomic E-state index is 0.738. The summed E-state index contributed by atoms with van der Waals surface area (Å²) in [5.41, 5.74) is 0. The van der Waals surface area contributed by atoms with E-state index in [1.54, 1.807) is 0 Å². The summed E-state index contributed by atoms with van der Waals surface area (Å²) in [6.07, 6.45) is 6.72. The summed E-state index contributed by atoms with van der Waals surface area (Å²) >= 11 is 0. The molecule has 0 spiro atoms. The lowest BCUT2D eigenvalue weighted by molar-refractivity contribution is -0.107. The van der Waals surface area contributed by atoms with Crippen molar-refractivity contribution in [2.75, 3.05) is 13.1 Å². The van der Waals surface area contributed by atoms with Crippen molar-refractivity contribution in [1.82, 2.24) is 4.90 Å². The second kappa shape index (κ2) is 5.31. The van der Waals surface area contributed by atoms with Crippen LogP contribution in [0.1, 0.15) is 39.0 Å². The van der Waals surface area contributed by atoms with Crippen molar-refractivity contribution in [3.8, 4) is 0 Å².